The van der Waals surface area contributed by atoms with Crippen LogP contribution in [0.1, 0.15) is 24.5 Å². The van der Waals surface area contributed by atoms with E-state index < -0.39 is 0 Å². The number of nitrogens with two attached hydrogens (primary N) is 1. The molecular weight excluding hydrogens is 244 g/mol. The summed E-state index contributed by atoms with van der Waals surface area (Å²) in [6, 6.07) is 3.82. The summed E-state index contributed by atoms with van der Waals surface area (Å²) in [5.74, 6) is 0.933. The first-order valence-corrected chi connectivity index (χ1v) is 6.14. The number of aromatic nitrogens is 1. The maximum absolute atomic E-state index is 9.09. The van der Waals surface area contributed by atoms with Crippen LogP contribution in [-0.2, 0) is 9.47 Å². The largest absolute Gasteiger partial charge is 0.384 e. The second kappa shape index (κ2) is 7.56. The average molecular weight is 264 g/mol. The Morgan fingerprint density at radius 2 is 2.32 bits per heavy atom. The molecule has 1 unspecified atom stereocenters. The fraction of sp³-hybridized carbons (Fsp3) is 0.538. The van der Waals surface area contributed by atoms with Crippen LogP contribution in [0, 0.1) is 18.3 Å². The van der Waals surface area contributed by atoms with Gasteiger partial charge >= 0.3 is 0 Å². The molecule has 0 saturated carbocycles. The summed E-state index contributed by atoms with van der Waals surface area (Å²) in [5, 5.41) is 12.2. The Hall–Kier alpha value is -1.84. The van der Waals surface area contributed by atoms with Gasteiger partial charge in [-0.05, 0) is 31.9 Å². The first kappa shape index (κ1) is 15.2. The van der Waals surface area contributed by atoms with Gasteiger partial charge in [0.25, 0.3) is 0 Å². The van der Waals surface area contributed by atoms with Gasteiger partial charge in [0.2, 0.25) is 0 Å². The lowest BCUT2D eigenvalue weighted by Crippen LogP contribution is -2.14. The van der Waals surface area contributed by atoms with Gasteiger partial charge in [0.05, 0.1) is 12.2 Å². The van der Waals surface area contributed by atoms with Crippen LogP contribution in [0.15, 0.2) is 6.07 Å². The average Bonchev–Trinajstić information content (AvgIpc) is 2.37. The molecule has 0 amide bonds. The van der Waals surface area contributed by atoms with Crippen molar-refractivity contribution in [3.8, 4) is 6.07 Å². The van der Waals surface area contributed by atoms with Crippen LogP contribution >= 0.6 is 0 Å². The van der Waals surface area contributed by atoms with E-state index in [1.165, 1.54) is 0 Å². The standard InChI is InChI=1S/C13H20N4O2/c1-9-7-12(15)17-13(11(9)8-14)16-5-4-6-19-10(2)18-3/h7,10H,4-6H2,1-3H3,(H3,15,16,17). The van der Waals surface area contributed by atoms with Crippen LogP contribution in [-0.4, -0.2) is 31.5 Å². The summed E-state index contributed by atoms with van der Waals surface area (Å²) >= 11 is 0. The second-order valence-electron chi connectivity index (χ2n) is 4.15. The van der Waals surface area contributed by atoms with E-state index in [9.17, 15) is 0 Å². The number of rotatable bonds is 7. The van der Waals surface area contributed by atoms with Crippen molar-refractivity contribution in [2.75, 3.05) is 31.3 Å². The van der Waals surface area contributed by atoms with E-state index in [4.69, 9.17) is 20.5 Å². The molecule has 1 aromatic heterocycles. The van der Waals surface area contributed by atoms with E-state index in [2.05, 4.69) is 16.4 Å². The minimum atomic E-state index is -0.206. The third kappa shape index (κ3) is 4.73. The SMILES string of the molecule is COC(C)OCCCNc1nc(N)cc(C)c1C#N. The van der Waals surface area contributed by atoms with Gasteiger partial charge in [-0.25, -0.2) is 4.98 Å². The lowest BCUT2D eigenvalue weighted by Gasteiger charge is -2.12. The number of anilines is 2. The summed E-state index contributed by atoms with van der Waals surface area (Å²) in [6.07, 6.45) is 0.580. The monoisotopic (exact) mass is 264 g/mol. The van der Waals surface area contributed by atoms with E-state index in [1.54, 1.807) is 13.2 Å². The van der Waals surface area contributed by atoms with Gasteiger partial charge in [-0.1, -0.05) is 0 Å². The lowest BCUT2D eigenvalue weighted by atomic mass is 10.1. The Labute approximate surface area is 113 Å². The molecule has 104 valence electrons. The Kier molecular flexibility index (Phi) is 6.06. The fourth-order valence-corrected chi connectivity index (χ4v) is 1.56. The quantitative estimate of drug-likeness (QED) is 0.574. The van der Waals surface area contributed by atoms with Crippen molar-refractivity contribution >= 4 is 11.6 Å². The Balaban J connectivity index is 2.48. The fourth-order valence-electron chi connectivity index (χ4n) is 1.56. The van der Waals surface area contributed by atoms with Gasteiger partial charge < -0.3 is 20.5 Å². The van der Waals surface area contributed by atoms with Crippen LogP contribution < -0.4 is 11.1 Å². The maximum Gasteiger partial charge on any atom is 0.154 e. The molecule has 0 fully saturated rings. The number of hydrogen-bond donors (Lipinski definition) is 2. The maximum atomic E-state index is 9.09. The number of pyridine rings is 1. The van der Waals surface area contributed by atoms with Gasteiger partial charge in [0.15, 0.2) is 6.29 Å². The third-order valence-electron chi connectivity index (χ3n) is 2.65. The van der Waals surface area contributed by atoms with Crippen LogP contribution in [0.4, 0.5) is 11.6 Å². The summed E-state index contributed by atoms with van der Waals surface area (Å²) in [5.41, 5.74) is 7.02. The van der Waals surface area contributed by atoms with Crippen molar-refractivity contribution in [2.24, 2.45) is 0 Å². The Morgan fingerprint density at radius 1 is 1.58 bits per heavy atom. The highest BCUT2D eigenvalue weighted by Gasteiger charge is 2.08. The molecule has 1 atom stereocenters. The highest BCUT2D eigenvalue weighted by molar-refractivity contribution is 5.59. The normalized spacial score (nSPS) is 11.9. The summed E-state index contributed by atoms with van der Waals surface area (Å²) in [7, 11) is 1.60. The predicted molar refractivity (Wildman–Crippen MR) is 73.6 cm³/mol. The summed E-state index contributed by atoms with van der Waals surface area (Å²) in [4.78, 5) is 4.13. The number of nitriles is 1. The molecule has 0 aromatic carbocycles. The molecule has 0 bridgehead atoms. The van der Waals surface area contributed by atoms with Gasteiger partial charge in [-0.15, -0.1) is 0 Å². The van der Waals surface area contributed by atoms with Crippen LogP contribution in [0.3, 0.4) is 0 Å². The van der Waals surface area contributed by atoms with E-state index in [1.807, 2.05) is 13.8 Å². The number of nitrogens with one attached hydrogen (secondary N) is 1. The van der Waals surface area contributed by atoms with Crippen molar-refractivity contribution in [1.29, 1.82) is 5.26 Å². The number of nitrogen functional groups attached to an aromatic ring is 1. The molecule has 0 aliphatic rings. The molecule has 1 heterocycles. The van der Waals surface area contributed by atoms with E-state index in [0.29, 0.717) is 30.4 Å². The molecule has 0 saturated heterocycles. The van der Waals surface area contributed by atoms with Gasteiger partial charge in [0.1, 0.15) is 17.7 Å². The van der Waals surface area contributed by atoms with Gasteiger partial charge in [-0.3, -0.25) is 0 Å². The van der Waals surface area contributed by atoms with Crippen molar-refractivity contribution in [3.05, 3.63) is 17.2 Å². The minimum absolute atomic E-state index is 0.206. The first-order valence-electron chi connectivity index (χ1n) is 6.14. The first-order chi connectivity index (χ1) is 9.08. The van der Waals surface area contributed by atoms with Crippen LogP contribution in [0.2, 0.25) is 0 Å². The van der Waals surface area contributed by atoms with Gasteiger partial charge in [0, 0.05) is 13.7 Å². The topological polar surface area (TPSA) is 93.2 Å². The molecule has 0 aliphatic carbocycles. The van der Waals surface area contributed by atoms with Crippen molar-refractivity contribution < 1.29 is 9.47 Å². The second-order valence-corrected chi connectivity index (χ2v) is 4.15. The van der Waals surface area contributed by atoms with Crippen molar-refractivity contribution in [3.63, 3.8) is 0 Å². The zero-order valence-corrected chi connectivity index (χ0v) is 11.6. The summed E-state index contributed by atoms with van der Waals surface area (Å²) in [6.45, 7) is 4.90. The smallest absolute Gasteiger partial charge is 0.154 e. The number of aryl methyl sites for hydroxylation is 1. The number of hydrogen-bond acceptors (Lipinski definition) is 6. The van der Waals surface area contributed by atoms with Crippen molar-refractivity contribution in [1.82, 2.24) is 4.98 Å². The predicted octanol–water partition coefficient (Wildman–Crippen LogP) is 1.65. The molecule has 3 N–H and O–H groups in total. The molecule has 1 aromatic rings. The minimum Gasteiger partial charge on any atom is -0.384 e. The number of nitrogens with zero attached hydrogens (tertiary/aromatic N) is 2. The number of methoxy groups -OCH3 is 1. The zero-order chi connectivity index (χ0) is 14.3. The Bertz CT molecular complexity index is 457. The van der Waals surface area contributed by atoms with Gasteiger partial charge in [-0.2, -0.15) is 5.26 Å². The van der Waals surface area contributed by atoms with E-state index in [0.717, 1.165) is 12.0 Å². The van der Waals surface area contributed by atoms with E-state index >= 15 is 0 Å². The molecule has 6 nitrogen and oxygen atoms in total. The molecule has 1 rings (SSSR count). The molecule has 19 heavy (non-hydrogen) atoms. The lowest BCUT2D eigenvalue weighted by molar-refractivity contribution is -0.110. The third-order valence-corrected chi connectivity index (χ3v) is 2.65. The van der Waals surface area contributed by atoms with Crippen LogP contribution in [0.25, 0.3) is 0 Å². The molecular formula is C13H20N4O2. The molecule has 6 heteroatoms. The highest BCUT2D eigenvalue weighted by Crippen LogP contribution is 2.18. The zero-order valence-electron chi connectivity index (χ0n) is 11.6. The van der Waals surface area contributed by atoms with Crippen molar-refractivity contribution in [2.45, 2.75) is 26.6 Å². The Morgan fingerprint density at radius 3 is 2.95 bits per heavy atom. The van der Waals surface area contributed by atoms with E-state index in [-0.39, 0.29) is 6.29 Å². The highest BCUT2D eigenvalue weighted by atomic mass is 16.7. The molecule has 0 aliphatic heterocycles. The summed E-state index contributed by atoms with van der Waals surface area (Å²) < 4.78 is 10.3. The number of ether oxygens (including phenoxy) is 2. The molecule has 0 spiro atoms. The molecule has 0 radical (unpaired) electrons. The van der Waals surface area contributed by atoms with Crippen LogP contribution in [0.5, 0.6) is 0 Å².